The molecule has 0 N–H and O–H groups in total. The summed E-state index contributed by atoms with van der Waals surface area (Å²) in [5.41, 5.74) is 2.63. The van der Waals surface area contributed by atoms with E-state index in [1.54, 1.807) is 7.11 Å². The quantitative estimate of drug-likeness (QED) is 0.604. The van der Waals surface area contributed by atoms with Crippen LogP contribution in [-0.4, -0.2) is 12.4 Å². The average molecular weight is 398 g/mol. The number of rotatable bonds is 6. The number of methoxy groups -OCH3 is 1. The van der Waals surface area contributed by atoms with Crippen molar-refractivity contribution in [2.45, 2.75) is 12.8 Å². The van der Waals surface area contributed by atoms with E-state index < -0.39 is 0 Å². The number of ether oxygens (including phenoxy) is 1. The van der Waals surface area contributed by atoms with E-state index in [-0.39, 0.29) is 0 Å². The molecule has 1 nitrogen and oxygen atoms in total. The molecule has 106 valence electrons. The summed E-state index contributed by atoms with van der Waals surface area (Å²) in [6.45, 7) is 0. The highest BCUT2D eigenvalue weighted by molar-refractivity contribution is 9.10. The highest BCUT2D eigenvalue weighted by atomic mass is 79.9. The first-order valence-corrected chi connectivity index (χ1v) is 8.56. The maximum absolute atomic E-state index is 5.44. The summed E-state index contributed by atoms with van der Waals surface area (Å²) in [6.07, 6.45) is 2.07. The van der Waals surface area contributed by atoms with Crippen molar-refractivity contribution in [2.75, 3.05) is 12.4 Å². The minimum Gasteiger partial charge on any atom is -0.496 e. The standard InChI is InChI=1S/C17H18Br2O/c1-20-17-8-3-2-6-15(17)10-14(12-18)9-13-5-4-7-16(19)11-13/h2-8,11,14H,9-10,12H2,1H3. The molecule has 0 aliphatic heterocycles. The first kappa shape index (κ1) is 15.6. The van der Waals surface area contributed by atoms with E-state index in [1.807, 2.05) is 12.1 Å². The number of halogens is 2. The van der Waals surface area contributed by atoms with E-state index in [1.165, 1.54) is 11.1 Å². The van der Waals surface area contributed by atoms with Crippen LogP contribution in [-0.2, 0) is 12.8 Å². The molecule has 3 heteroatoms. The fraction of sp³-hybridized carbons (Fsp3) is 0.294. The molecular formula is C17H18Br2O. The summed E-state index contributed by atoms with van der Waals surface area (Å²) < 4.78 is 6.58. The predicted octanol–water partition coefficient (Wildman–Crippen LogP) is 5.25. The lowest BCUT2D eigenvalue weighted by Crippen LogP contribution is -2.10. The molecule has 0 amide bonds. The molecule has 0 spiro atoms. The first-order chi connectivity index (χ1) is 9.72. The van der Waals surface area contributed by atoms with Crippen LogP contribution in [0.1, 0.15) is 11.1 Å². The minimum absolute atomic E-state index is 0.556. The summed E-state index contributed by atoms with van der Waals surface area (Å²) in [5.74, 6) is 1.54. The third-order valence-corrected chi connectivity index (χ3v) is 4.74. The third-order valence-electron chi connectivity index (χ3n) is 3.33. The smallest absolute Gasteiger partial charge is 0.122 e. The van der Waals surface area contributed by atoms with Crippen molar-refractivity contribution < 1.29 is 4.74 Å². The molecule has 2 rings (SSSR count). The van der Waals surface area contributed by atoms with Crippen LogP contribution < -0.4 is 4.74 Å². The van der Waals surface area contributed by atoms with Crippen LogP contribution in [0.4, 0.5) is 0 Å². The van der Waals surface area contributed by atoms with Gasteiger partial charge in [-0.25, -0.2) is 0 Å². The molecule has 2 aromatic rings. The zero-order chi connectivity index (χ0) is 14.4. The van der Waals surface area contributed by atoms with E-state index >= 15 is 0 Å². The summed E-state index contributed by atoms with van der Waals surface area (Å²) in [5, 5.41) is 0.984. The van der Waals surface area contributed by atoms with Crippen LogP contribution in [0.5, 0.6) is 5.75 Å². The molecule has 0 saturated heterocycles. The van der Waals surface area contributed by atoms with Gasteiger partial charge >= 0.3 is 0 Å². The van der Waals surface area contributed by atoms with Crippen molar-refractivity contribution in [3.63, 3.8) is 0 Å². The molecule has 0 radical (unpaired) electrons. The lowest BCUT2D eigenvalue weighted by Gasteiger charge is -2.16. The number of hydrogen-bond donors (Lipinski definition) is 0. The van der Waals surface area contributed by atoms with Crippen LogP contribution in [0.2, 0.25) is 0 Å². The Labute approximate surface area is 137 Å². The van der Waals surface area contributed by atoms with Crippen molar-refractivity contribution in [3.05, 3.63) is 64.1 Å². The lowest BCUT2D eigenvalue weighted by atomic mass is 9.94. The van der Waals surface area contributed by atoms with Gasteiger partial charge in [0.25, 0.3) is 0 Å². The van der Waals surface area contributed by atoms with E-state index in [2.05, 4.69) is 68.3 Å². The van der Waals surface area contributed by atoms with Gasteiger partial charge in [-0.05, 0) is 48.1 Å². The van der Waals surface area contributed by atoms with Crippen molar-refractivity contribution in [1.82, 2.24) is 0 Å². The lowest BCUT2D eigenvalue weighted by molar-refractivity contribution is 0.406. The SMILES string of the molecule is COc1ccccc1CC(CBr)Cc1cccc(Br)c1. The van der Waals surface area contributed by atoms with Gasteiger partial charge < -0.3 is 4.74 Å². The monoisotopic (exact) mass is 396 g/mol. The number of para-hydroxylation sites is 1. The second-order valence-corrected chi connectivity index (χ2v) is 6.43. The normalized spacial score (nSPS) is 12.2. The van der Waals surface area contributed by atoms with Gasteiger partial charge in [0, 0.05) is 9.80 Å². The second kappa shape index (κ2) is 7.84. The van der Waals surface area contributed by atoms with Crippen LogP contribution in [0.25, 0.3) is 0 Å². The highest BCUT2D eigenvalue weighted by Crippen LogP contribution is 2.24. The molecule has 2 aromatic carbocycles. The summed E-state index contributed by atoms with van der Waals surface area (Å²) in [4.78, 5) is 0. The summed E-state index contributed by atoms with van der Waals surface area (Å²) >= 11 is 7.18. The zero-order valence-corrected chi connectivity index (χ0v) is 14.7. The Hall–Kier alpha value is -0.800. The van der Waals surface area contributed by atoms with Gasteiger partial charge in [0.1, 0.15) is 5.75 Å². The molecule has 0 aliphatic carbocycles. The zero-order valence-electron chi connectivity index (χ0n) is 11.5. The van der Waals surface area contributed by atoms with Crippen molar-refractivity contribution in [3.8, 4) is 5.75 Å². The fourth-order valence-electron chi connectivity index (χ4n) is 2.36. The second-order valence-electron chi connectivity index (χ2n) is 4.87. The van der Waals surface area contributed by atoms with E-state index in [0.717, 1.165) is 28.4 Å². The average Bonchev–Trinajstić information content (AvgIpc) is 2.47. The van der Waals surface area contributed by atoms with Gasteiger partial charge in [0.05, 0.1) is 7.11 Å². The van der Waals surface area contributed by atoms with Crippen LogP contribution in [0, 0.1) is 5.92 Å². The molecule has 0 aliphatic rings. The Morgan fingerprint density at radius 2 is 1.85 bits per heavy atom. The molecule has 0 saturated carbocycles. The van der Waals surface area contributed by atoms with Crippen molar-refractivity contribution in [1.29, 1.82) is 0 Å². The first-order valence-electron chi connectivity index (χ1n) is 6.65. The Kier molecular flexibility index (Phi) is 6.11. The number of benzene rings is 2. The predicted molar refractivity (Wildman–Crippen MR) is 91.8 cm³/mol. The Bertz CT molecular complexity index is 554. The summed E-state index contributed by atoms with van der Waals surface area (Å²) in [7, 11) is 1.73. The van der Waals surface area contributed by atoms with E-state index in [9.17, 15) is 0 Å². The Balaban J connectivity index is 2.09. The largest absolute Gasteiger partial charge is 0.496 e. The van der Waals surface area contributed by atoms with Gasteiger partial charge in [-0.2, -0.15) is 0 Å². The van der Waals surface area contributed by atoms with Crippen molar-refractivity contribution >= 4 is 31.9 Å². The minimum atomic E-state index is 0.556. The van der Waals surface area contributed by atoms with Crippen molar-refractivity contribution in [2.24, 2.45) is 5.92 Å². The van der Waals surface area contributed by atoms with E-state index in [0.29, 0.717) is 5.92 Å². The fourth-order valence-corrected chi connectivity index (χ4v) is 3.27. The van der Waals surface area contributed by atoms with Gasteiger partial charge in [-0.15, -0.1) is 0 Å². The Morgan fingerprint density at radius 1 is 1.05 bits per heavy atom. The van der Waals surface area contributed by atoms with Crippen LogP contribution in [0.15, 0.2) is 53.0 Å². The third kappa shape index (κ3) is 4.35. The molecular weight excluding hydrogens is 380 g/mol. The van der Waals surface area contributed by atoms with Gasteiger partial charge in [0.2, 0.25) is 0 Å². The van der Waals surface area contributed by atoms with Crippen LogP contribution >= 0.6 is 31.9 Å². The molecule has 1 unspecified atom stereocenters. The number of alkyl halides is 1. The van der Waals surface area contributed by atoms with Gasteiger partial charge in [-0.3, -0.25) is 0 Å². The maximum Gasteiger partial charge on any atom is 0.122 e. The highest BCUT2D eigenvalue weighted by Gasteiger charge is 2.12. The summed E-state index contributed by atoms with van der Waals surface area (Å²) in [6, 6.07) is 16.8. The molecule has 20 heavy (non-hydrogen) atoms. The molecule has 1 atom stereocenters. The van der Waals surface area contributed by atoms with Gasteiger partial charge in [-0.1, -0.05) is 62.2 Å². The maximum atomic E-state index is 5.44. The van der Waals surface area contributed by atoms with Gasteiger partial charge in [0.15, 0.2) is 0 Å². The van der Waals surface area contributed by atoms with Crippen LogP contribution in [0.3, 0.4) is 0 Å². The Morgan fingerprint density at radius 3 is 2.55 bits per heavy atom. The molecule has 0 bridgehead atoms. The molecule has 0 fully saturated rings. The number of hydrogen-bond acceptors (Lipinski definition) is 1. The molecule has 0 aromatic heterocycles. The molecule has 0 heterocycles. The topological polar surface area (TPSA) is 9.23 Å². The van der Waals surface area contributed by atoms with E-state index in [4.69, 9.17) is 4.74 Å².